The number of rotatable bonds is 2. The Morgan fingerprint density at radius 3 is 3.06 bits per heavy atom. The molecular weight excluding hydrogens is 206 g/mol. The van der Waals surface area contributed by atoms with Crippen molar-refractivity contribution in [3.05, 3.63) is 24.3 Å². The summed E-state index contributed by atoms with van der Waals surface area (Å²) in [5.41, 5.74) is 7.38. The maximum Gasteiger partial charge on any atom is 0.322 e. The number of carboxylic acid groups (broad SMARTS) is 1. The van der Waals surface area contributed by atoms with Gasteiger partial charge in [-0.1, -0.05) is 6.07 Å². The summed E-state index contributed by atoms with van der Waals surface area (Å²) < 4.78 is 0. The third-order valence-corrected chi connectivity index (χ3v) is 2.71. The molecule has 0 radical (unpaired) electrons. The number of nitrogens with two attached hydrogens (primary N) is 1. The quantitative estimate of drug-likeness (QED) is 0.619. The molecule has 1 aliphatic rings. The third-order valence-electron chi connectivity index (χ3n) is 2.71. The Kier molecular flexibility index (Phi) is 2.96. The molecule has 1 aromatic rings. The molecule has 16 heavy (non-hydrogen) atoms. The van der Waals surface area contributed by atoms with E-state index in [0.29, 0.717) is 18.8 Å². The van der Waals surface area contributed by atoms with Crippen LogP contribution in [-0.2, 0) is 4.79 Å². The van der Waals surface area contributed by atoms with Crippen LogP contribution in [0.5, 0.6) is 0 Å². The second kappa shape index (κ2) is 4.40. The van der Waals surface area contributed by atoms with E-state index < -0.39 is 12.0 Å². The molecule has 1 unspecified atom stereocenters. The fourth-order valence-corrected chi connectivity index (χ4v) is 1.87. The highest BCUT2D eigenvalue weighted by Gasteiger charge is 2.24. The number of aliphatic carboxylic acids is 1. The highest BCUT2D eigenvalue weighted by atomic mass is 16.4. The lowest BCUT2D eigenvalue weighted by Gasteiger charge is -2.33. The molecule has 5 heteroatoms. The molecule has 5 nitrogen and oxygen atoms in total. The largest absolute Gasteiger partial charge is 0.480 e. The Hall–Kier alpha value is -1.75. The SMILES string of the molecule is Nc1cccc(N2CCNC(C(=O)O)C2)c1. The molecule has 1 atom stereocenters. The minimum atomic E-state index is -0.811. The van der Waals surface area contributed by atoms with Crippen LogP contribution in [0, 0.1) is 0 Å². The fourth-order valence-electron chi connectivity index (χ4n) is 1.87. The zero-order valence-corrected chi connectivity index (χ0v) is 8.89. The predicted octanol–water partition coefficient (Wildman–Crippen LogP) is 0.132. The summed E-state index contributed by atoms with van der Waals surface area (Å²) in [4.78, 5) is 12.9. The number of hydrogen-bond donors (Lipinski definition) is 3. The Balaban J connectivity index is 2.12. The van der Waals surface area contributed by atoms with E-state index >= 15 is 0 Å². The molecule has 0 aromatic heterocycles. The van der Waals surface area contributed by atoms with Crippen LogP contribution in [0.4, 0.5) is 11.4 Å². The Morgan fingerprint density at radius 2 is 2.38 bits per heavy atom. The van der Waals surface area contributed by atoms with Crippen molar-refractivity contribution in [2.75, 3.05) is 30.3 Å². The maximum absolute atomic E-state index is 10.9. The molecule has 1 aromatic carbocycles. The van der Waals surface area contributed by atoms with Crippen LogP contribution in [0.1, 0.15) is 0 Å². The predicted molar refractivity (Wildman–Crippen MR) is 62.5 cm³/mol. The molecule has 0 bridgehead atoms. The molecular formula is C11H15N3O2. The lowest BCUT2D eigenvalue weighted by Crippen LogP contribution is -2.54. The van der Waals surface area contributed by atoms with Gasteiger partial charge in [0.15, 0.2) is 0 Å². The number of nitrogen functional groups attached to an aromatic ring is 1. The van der Waals surface area contributed by atoms with Crippen LogP contribution >= 0.6 is 0 Å². The number of nitrogens with one attached hydrogen (secondary N) is 1. The Bertz CT molecular complexity index is 395. The van der Waals surface area contributed by atoms with Crippen molar-refractivity contribution < 1.29 is 9.90 Å². The lowest BCUT2D eigenvalue weighted by molar-refractivity contribution is -0.139. The van der Waals surface area contributed by atoms with E-state index in [1.807, 2.05) is 29.2 Å². The van der Waals surface area contributed by atoms with Gasteiger partial charge in [0, 0.05) is 31.0 Å². The zero-order valence-electron chi connectivity index (χ0n) is 8.89. The number of anilines is 2. The van der Waals surface area contributed by atoms with Gasteiger partial charge in [0.2, 0.25) is 0 Å². The van der Waals surface area contributed by atoms with E-state index in [4.69, 9.17) is 10.8 Å². The van der Waals surface area contributed by atoms with Gasteiger partial charge in [-0.25, -0.2) is 0 Å². The minimum absolute atomic E-state index is 0.471. The summed E-state index contributed by atoms with van der Waals surface area (Å²) in [5.74, 6) is -0.811. The molecule has 86 valence electrons. The summed E-state index contributed by atoms with van der Waals surface area (Å²) in [5, 5.41) is 11.9. The number of carbonyl (C=O) groups is 1. The number of benzene rings is 1. The Labute approximate surface area is 93.9 Å². The molecule has 0 spiro atoms. The van der Waals surface area contributed by atoms with Crippen LogP contribution in [0.15, 0.2) is 24.3 Å². The van der Waals surface area contributed by atoms with E-state index in [0.717, 1.165) is 12.2 Å². The van der Waals surface area contributed by atoms with E-state index in [9.17, 15) is 4.79 Å². The van der Waals surface area contributed by atoms with Crippen LogP contribution < -0.4 is 16.0 Å². The summed E-state index contributed by atoms with van der Waals surface area (Å²) in [6.07, 6.45) is 0. The van der Waals surface area contributed by atoms with Gasteiger partial charge >= 0.3 is 5.97 Å². The minimum Gasteiger partial charge on any atom is -0.480 e. The fraction of sp³-hybridized carbons (Fsp3) is 0.364. The second-order valence-corrected chi connectivity index (χ2v) is 3.89. The van der Waals surface area contributed by atoms with Crippen molar-refractivity contribution in [2.24, 2.45) is 0 Å². The topological polar surface area (TPSA) is 78.6 Å². The molecule has 0 amide bonds. The monoisotopic (exact) mass is 221 g/mol. The van der Waals surface area contributed by atoms with Crippen LogP contribution in [-0.4, -0.2) is 36.8 Å². The number of carboxylic acids is 1. The summed E-state index contributed by atoms with van der Waals surface area (Å²) in [6, 6.07) is 7.00. The van der Waals surface area contributed by atoms with Crippen molar-refractivity contribution in [3.8, 4) is 0 Å². The van der Waals surface area contributed by atoms with Gasteiger partial charge in [-0.3, -0.25) is 4.79 Å². The molecule has 1 saturated heterocycles. The summed E-state index contributed by atoms with van der Waals surface area (Å²) in [6.45, 7) is 1.94. The van der Waals surface area contributed by atoms with Crippen molar-refractivity contribution in [1.82, 2.24) is 5.32 Å². The normalized spacial score (nSPS) is 20.8. The summed E-state index contributed by atoms with van der Waals surface area (Å²) in [7, 11) is 0. The third kappa shape index (κ3) is 2.25. The van der Waals surface area contributed by atoms with Gasteiger partial charge in [0.25, 0.3) is 0 Å². The van der Waals surface area contributed by atoms with Crippen LogP contribution in [0.2, 0.25) is 0 Å². The highest BCUT2D eigenvalue weighted by molar-refractivity contribution is 5.75. The van der Waals surface area contributed by atoms with E-state index in [-0.39, 0.29) is 0 Å². The number of nitrogens with zero attached hydrogens (tertiary/aromatic N) is 1. The second-order valence-electron chi connectivity index (χ2n) is 3.89. The average Bonchev–Trinajstić information content (AvgIpc) is 2.29. The van der Waals surface area contributed by atoms with Crippen molar-refractivity contribution in [3.63, 3.8) is 0 Å². The van der Waals surface area contributed by atoms with Crippen molar-refractivity contribution >= 4 is 17.3 Å². The Morgan fingerprint density at radius 1 is 1.56 bits per heavy atom. The van der Waals surface area contributed by atoms with Gasteiger partial charge in [-0.05, 0) is 18.2 Å². The lowest BCUT2D eigenvalue weighted by atomic mass is 10.2. The number of hydrogen-bond acceptors (Lipinski definition) is 4. The molecule has 2 rings (SSSR count). The first-order valence-corrected chi connectivity index (χ1v) is 5.23. The first-order chi connectivity index (χ1) is 7.66. The average molecular weight is 221 g/mol. The van der Waals surface area contributed by atoms with Crippen molar-refractivity contribution in [2.45, 2.75) is 6.04 Å². The van der Waals surface area contributed by atoms with E-state index in [2.05, 4.69) is 5.32 Å². The van der Waals surface area contributed by atoms with Gasteiger partial charge in [0.05, 0.1) is 0 Å². The molecule has 1 heterocycles. The van der Waals surface area contributed by atoms with Gasteiger partial charge in [-0.15, -0.1) is 0 Å². The number of piperazine rings is 1. The van der Waals surface area contributed by atoms with E-state index in [1.165, 1.54) is 0 Å². The van der Waals surface area contributed by atoms with Crippen LogP contribution in [0.3, 0.4) is 0 Å². The first-order valence-electron chi connectivity index (χ1n) is 5.23. The molecule has 4 N–H and O–H groups in total. The molecule has 1 aliphatic heterocycles. The maximum atomic E-state index is 10.9. The van der Waals surface area contributed by atoms with Gasteiger partial charge < -0.3 is 21.1 Å². The van der Waals surface area contributed by atoms with E-state index in [1.54, 1.807) is 0 Å². The first kappa shape index (κ1) is 10.8. The standard InChI is InChI=1S/C11H15N3O2/c12-8-2-1-3-9(6-8)14-5-4-13-10(7-14)11(15)16/h1-3,6,10,13H,4-5,7,12H2,(H,15,16). The zero-order chi connectivity index (χ0) is 11.5. The van der Waals surface area contributed by atoms with Gasteiger partial charge in [0.1, 0.15) is 6.04 Å². The highest BCUT2D eigenvalue weighted by Crippen LogP contribution is 2.18. The molecule has 0 aliphatic carbocycles. The molecule has 0 saturated carbocycles. The van der Waals surface area contributed by atoms with Crippen molar-refractivity contribution in [1.29, 1.82) is 0 Å². The molecule has 1 fully saturated rings. The summed E-state index contributed by atoms with van der Waals surface area (Å²) >= 11 is 0. The van der Waals surface area contributed by atoms with Crippen LogP contribution in [0.25, 0.3) is 0 Å². The van der Waals surface area contributed by atoms with Gasteiger partial charge in [-0.2, -0.15) is 0 Å². The smallest absolute Gasteiger partial charge is 0.322 e.